The number of carbonyl (C=O) groups is 1. The number of carbonyl (C=O) groups excluding carboxylic acids is 1. The molecule has 1 atom stereocenters. The fourth-order valence-electron chi connectivity index (χ4n) is 2.98. The molecule has 3 rings (SSSR count). The summed E-state index contributed by atoms with van der Waals surface area (Å²) < 4.78 is 2.16. The lowest BCUT2D eigenvalue weighted by atomic mass is 10.2. The smallest absolute Gasteiger partial charge is 0.230 e. The van der Waals surface area contributed by atoms with Gasteiger partial charge in [-0.25, -0.2) is 0 Å². The van der Waals surface area contributed by atoms with Gasteiger partial charge in [0.15, 0.2) is 5.82 Å². The molecule has 0 spiro atoms. The van der Waals surface area contributed by atoms with E-state index in [1.165, 1.54) is 38.5 Å². The van der Waals surface area contributed by atoms with Crippen molar-refractivity contribution in [1.82, 2.24) is 20.1 Å². The first-order chi connectivity index (χ1) is 10.2. The minimum absolute atomic E-state index is 0.0675. The van der Waals surface area contributed by atoms with E-state index in [-0.39, 0.29) is 11.9 Å². The Bertz CT molecular complexity index is 480. The van der Waals surface area contributed by atoms with Crippen LogP contribution in [-0.2, 0) is 4.79 Å². The molecule has 2 fully saturated rings. The van der Waals surface area contributed by atoms with Gasteiger partial charge in [-0.05, 0) is 44.3 Å². The Labute approximate surface area is 130 Å². The Hall–Kier alpha value is -1.04. The first-order valence-electron chi connectivity index (χ1n) is 8.00. The van der Waals surface area contributed by atoms with Gasteiger partial charge in [0.2, 0.25) is 5.91 Å². The Balaban J connectivity index is 1.50. The van der Waals surface area contributed by atoms with E-state index in [1.54, 1.807) is 11.8 Å². The molecule has 0 aliphatic heterocycles. The highest BCUT2D eigenvalue weighted by Gasteiger charge is 2.24. The molecule has 116 valence electrons. The second-order valence-corrected chi connectivity index (χ2v) is 7.31. The monoisotopic (exact) mass is 308 g/mol. The van der Waals surface area contributed by atoms with Gasteiger partial charge in [0.25, 0.3) is 0 Å². The molecule has 0 radical (unpaired) electrons. The molecular formula is C15H24N4OS. The van der Waals surface area contributed by atoms with Crippen molar-refractivity contribution in [3.05, 3.63) is 12.2 Å². The van der Waals surface area contributed by atoms with E-state index < -0.39 is 0 Å². The molecule has 1 aromatic rings. The lowest BCUT2D eigenvalue weighted by Gasteiger charge is -2.18. The van der Waals surface area contributed by atoms with Crippen molar-refractivity contribution in [2.45, 2.75) is 57.5 Å². The van der Waals surface area contributed by atoms with Crippen LogP contribution in [0.4, 0.5) is 0 Å². The fraction of sp³-hybridized carbons (Fsp3) is 0.800. The van der Waals surface area contributed by atoms with Gasteiger partial charge >= 0.3 is 0 Å². The molecule has 0 bridgehead atoms. The van der Waals surface area contributed by atoms with Crippen molar-refractivity contribution in [3.63, 3.8) is 0 Å². The summed E-state index contributed by atoms with van der Waals surface area (Å²) in [5, 5.41) is 11.3. The molecule has 0 unspecified atom stereocenters. The standard InChI is InChI=1S/C15H24N4OS/c1-11(17-14(20)9-21-8-12-6-7-12)15-18-16-10-19(15)13-4-2-3-5-13/h10-13H,2-9H2,1H3,(H,17,20)/t11-/m0/s1. The van der Waals surface area contributed by atoms with Crippen LogP contribution < -0.4 is 5.32 Å². The van der Waals surface area contributed by atoms with Crippen molar-refractivity contribution in [2.75, 3.05) is 11.5 Å². The number of rotatable bonds is 7. The van der Waals surface area contributed by atoms with Crippen LogP contribution >= 0.6 is 11.8 Å². The molecule has 2 saturated carbocycles. The fourth-order valence-corrected chi connectivity index (χ4v) is 4.03. The molecule has 0 saturated heterocycles. The van der Waals surface area contributed by atoms with Gasteiger partial charge < -0.3 is 9.88 Å². The average Bonchev–Trinajstić information content (AvgIpc) is 2.96. The van der Waals surface area contributed by atoms with Crippen molar-refractivity contribution < 1.29 is 4.79 Å². The lowest BCUT2D eigenvalue weighted by Crippen LogP contribution is -2.30. The van der Waals surface area contributed by atoms with E-state index in [9.17, 15) is 4.79 Å². The van der Waals surface area contributed by atoms with Crippen LogP contribution in [0.1, 0.15) is 63.4 Å². The molecule has 5 nitrogen and oxygen atoms in total. The summed E-state index contributed by atoms with van der Waals surface area (Å²) in [7, 11) is 0. The number of hydrogen-bond acceptors (Lipinski definition) is 4. The van der Waals surface area contributed by atoms with E-state index in [0.717, 1.165) is 17.5 Å². The highest BCUT2D eigenvalue weighted by atomic mass is 32.2. The van der Waals surface area contributed by atoms with Crippen LogP contribution in [0.2, 0.25) is 0 Å². The average molecular weight is 308 g/mol. The molecule has 1 amide bonds. The number of nitrogens with zero attached hydrogens (tertiary/aromatic N) is 3. The molecule has 2 aliphatic carbocycles. The highest BCUT2D eigenvalue weighted by molar-refractivity contribution is 7.99. The van der Waals surface area contributed by atoms with E-state index in [4.69, 9.17) is 0 Å². The molecule has 1 aromatic heterocycles. The maximum Gasteiger partial charge on any atom is 0.230 e. The summed E-state index contributed by atoms with van der Waals surface area (Å²) >= 11 is 1.75. The largest absolute Gasteiger partial charge is 0.346 e. The van der Waals surface area contributed by atoms with E-state index in [0.29, 0.717) is 11.8 Å². The Morgan fingerprint density at radius 3 is 2.90 bits per heavy atom. The predicted octanol–water partition coefficient (Wildman–Crippen LogP) is 2.71. The quantitative estimate of drug-likeness (QED) is 0.841. The SMILES string of the molecule is C[C@H](NC(=O)CSCC1CC1)c1nncn1C1CCCC1. The van der Waals surface area contributed by atoms with Crippen LogP contribution in [0.3, 0.4) is 0 Å². The van der Waals surface area contributed by atoms with Crippen LogP contribution in [0.5, 0.6) is 0 Å². The van der Waals surface area contributed by atoms with E-state index >= 15 is 0 Å². The minimum atomic E-state index is -0.0675. The molecule has 0 aromatic carbocycles. The van der Waals surface area contributed by atoms with Gasteiger partial charge in [0.1, 0.15) is 6.33 Å². The number of amides is 1. The summed E-state index contributed by atoms with van der Waals surface area (Å²) in [5.41, 5.74) is 0. The van der Waals surface area contributed by atoms with E-state index in [1.807, 2.05) is 13.3 Å². The topological polar surface area (TPSA) is 59.8 Å². The summed E-state index contributed by atoms with van der Waals surface area (Å²) in [6, 6.07) is 0.445. The molecule has 6 heteroatoms. The van der Waals surface area contributed by atoms with Gasteiger partial charge in [0, 0.05) is 6.04 Å². The number of hydrogen-bond donors (Lipinski definition) is 1. The Kier molecular flexibility index (Phi) is 4.83. The second-order valence-electron chi connectivity index (χ2n) is 6.28. The minimum Gasteiger partial charge on any atom is -0.346 e. The Morgan fingerprint density at radius 2 is 2.19 bits per heavy atom. The first kappa shape index (κ1) is 14.9. The van der Waals surface area contributed by atoms with Crippen molar-refractivity contribution in [3.8, 4) is 0 Å². The van der Waals surface area contributed by atoms with Gasteiger partial charge in [-0.2, -0.15) is 11.8 Å². The molecule has 2 aliphatic rings. The maximum absolute atomic E-state index is 12.0. The zero-order chi connectivity index (χ0) is 14.7. The summed E-state index contributed by atoms with van der Waals surface area (Å²) in [4.78, 5) is 12.0. The Morgan fingerprint density at radius 1 is 1.43 bits per heavy atom. The molecule has 21 heavy (non-hydrogen) atoms. The van der Waals surface area contributed by atoms with Gasteiger partial charge in [-0.1, -0.05) is 12.8 Å². The molecule has 1 heterocycles. The second kappa shape index (κ2) is 6.81. The van der Waals surface area contributed by atoms with Crippen LogP contribution in [-0.4, -0.2) is 32.2 Å². The van der Waals surface area contributed by atoms with Gasteiger partial charge in [-0.15, -0.1) is 10.2 Å². The van der Waals surface area contributed by atoms with E-state index in [2.05, 4.69) is 20.1 Å². The van der Waals surface area contributed by atoms with Crippen molar-refractivity contribution in [2.24, 2.45) is 5.92 Å². The highest BCUT2D eigenvalue weighted by Crippen LogP contribution is 2.32. The first-order valence-corrected chi connectivity index (χ1v) is 9.16. The molecular weight excluding hydrogens is 284 g/mol. The third-order valence-electron chi connectivity index (χ3n) is 4.37. The van der Waals surface area contributed by atoms with Crippen LogP contribution in [0.15, 0.2) is 6.33 Å². The summed E-state index contributed by atoms with van der Waals surface area (Å²) in [6.07, 6.45) is 9.45. The van der Waals surface area contributed by atoms with Crippen molar-refractivity contribution >= 4 is 17.7 Å². The normalized spacial score (nSPS) is 20.6. The summed E-state index contributed by atoms with van der Waals surface area (Å²) in [5.74, 6) is 3.54. The maximum atomic E-state index is 12.0. The number of thioether (sulfide) groups is 1. The van der Waals surface area contributed by atoms with Crippen LogP contribution in [0.25, 0.3) is 0 Å². The predicted molar refractivity (Wildman–Crippen MR) is 84.1 cm³/mol. The van der Waals surface area contributed by atoms with Gasteiger partial charge in [0.05, 0.1) is 11.8 Å². The summed E-state index contributed by atoms with van der Waals surface area (Å²) in [6.45, 7) is 2.00. The number of aromatic nitrogens is 3. The van der Waals surface area contributed by atoms with Crippen LogP contribution in [0, 0.1) is 5.92 Å². The molecule has 1 N–H and O–H groups in total. The third kappa shape index (κ3) is 3.99. The number of nitrogens with one attached hydrogen (secondary N) is 1. The lowest BCUT2D eigenvalue weighted by molar-refractivity contribution is -0.119. The zero-order valence-electron chi connectivity index (χ0n) is 12.6. The zero-order valence-corrected chi connectivity index (χ0v) is 13.4. The van der Waals surface area contributed by atoms with Gasteiger partial charge in [-0.3, -0.25) is 4.79 Å². The third-order valence-corrected chi connectivity index (χ3v) is 5.54. The van der Waals surface area contributed by atoms with Crippen molar-refractivity contribution in [1.29, 1.82) is 0 Å².